The minimum absolute atomic E-state index is 0.845. The van der Waals surface area contributed by atoms with E-state index in [1.807, 2.05) is 22.7 Å². The molecule has 57 heavy (non-hydrogen) atoms. The van der Waals surface area contributed by atoms with E-state index in [1.54, 1.807) is 0 Å². The number of furan rings is 1. The summed E-state index contributed by atoms with van der Waals surface area (Å²) in [6.07, 6.45) is 0. The van der Waals surface area contributed by atoms with Crippen molar-refractivity contribution in [3.05, 3.63) is 194 Å². The van der Waals surface area contributed by atoms with Gasteiger partial charge in [-0.2, -0.15) is 0 Å². The van der Waals surface area contributed by atoms with Gasteiger partial charge >= 0.3 is 0 Å². The zero-order valence-electron chi connectivity index (χ0n) is 30.6. The van der Waals surface area contributed by atoms with Crippen LogP contribution >= 0.6 is 22.7 Å². The molecule has 3 nitrogen and oxygen atoms in total. The fourth-order valence-corrected chi connectivity index (χ4v) is 10.9. The second-order valence-corrected chi connectivity index (χ2v) is 16.7. The predicted octanol–water partition coefficient (Wildman–Crippen LogP) is 16.4. The molecule has 0 fully saturated rings. The zero-order chi connectivity index (χ0) is 37.5. The lowest BCUT2D eigenvalue weighted by Crippen LogP contribution is -2.13. The number of anilines is 6. The van der Waals surface area contributed by atoms with Crippen molar-refractivity contribution in [1.29, 1.82) is 0 Å². The number of thiophene rings is 2. The van der Waals surface area contributed by atoms with Gasteiger partial charge in [0, 0.05) is 79.6 Å². The molecule has 3 aromatic heterocycles. The Balaban J connectivity index is 1.18. The molecule has 0 saturated heterocycles. The van der Waals surface area contributed by atoms with Crippen molar-refractivity contribution in [1.82, 2.24) is 0 Å². The number of nitrogens with zero attached hydrogens (tertiary/aromatic N) is 2. The molecule has 0 atom stereocenters. The first-order chi connectivity index (χ1) is 28.2. The highest BCUT2D eigenvalue weighted by Gasteiger charge is 2.25. The topological polar surface area (TPSA) is 19.6 Å². The maximum atomic E-state index is 7.04. The Morgan fingerprint density at radius 2 is 0.895 bits per heavy atom. The summed E-state index contributed by atoms with van der Waals surface area (Å²) in [5.41, 5.74) is 8.03. The van der Waals surface area contributed by atoms with Gasteiger partial charge in [-0.1, -0.05) is 109 Å². The number of hydrogen-bond acceptors (Lipinski definition) is 5. The summed E-state index contributed by atoms with van der Waals surface area (Å²) in [5, 5.41) is 9.65. The van der Waals surface area contributed by atoms with Crippen molar-refractivity contribution >= 4 is 130 Å². The highest BCUT2D eigenvalue weighted by atomic mass is 32.1. The molecule has 3 heterocycles. The van der Waals surface area contributed by atoms with E-state index in [9.17, 15) is 0 Å². The Morgan fingerprint density at radius 1 is 0.333 bits per heavy atom. The second-order valence-electron chi connectivity index (χ2n) is 14.5. The minimum atomic E-state index is 0.845. The lowest BCUT2D eigenvalue weighted by Gasteiger charge is -2.29. The maximum Gasteiger partial charge on any atom is 0.159 e. The molecule has 0 unspecified atom stereocenters. The lowest BCUT2D eigenvalue weighted by molar-refractivity contribution is 0.669. The molecular weight excluding hydrogens is 733 g/mol. The summed E-state index contributed by atoms with van der Waals surface area (Å²) >= 11 is 3.69. The van der Waals surface area contributed by atoms with Gasteiger partial charge < -0.3 is 14.2 Å². The van der Waals surface area contributed by atoms with E-state index < -0.39 is 0 Å². The van der Waals surface area contributed by atoms with Crippen LogP contribution in [0.4, 0.5) is 34.1 Å². The number of fused-ring (bicyclic) bond motifs is 11. The third kappa shape index (κ3) is 5.17. The van der Waals surface area contributed by atoms with E-state index in [0.717, 1.165) is 56.1 Å². The van der Waals surface area contributed by atoms with E-state index in [-0.39, 0.29) is 0 Å². The van der Waals surface area contributed by atoms with Crippen LogP contribution in [0.15, 0.2) is 199 Å². The molecule has 268 valence electrons. The van der Waals surface area contributed by atoms with Crippen LogP contribution in [-0.2, 0) is 0 Å². The van der Waals surface area contributed by atoms with Crippen LogP contribution in [0.2, 0.25) is 0 Å². The van der Waals surface area contributed by atoms with Crippen molar-refractivity contribution in [2.45, 2.75) is 0 Å². The molecule has 0 spiro atoms. The van der Waals surface area contributed by atoms with Gasteiger partial charge in [-0.3, -0.25) is 0 Å². The maximum absolute atomic E-state index is 7.04. The van der Waals surface area contributed by atoms with Gasteiger partial charge in [0.15, 0.2) is 5.58 Å². The van der Waals surface area contributed by atoms with Crippen LogP contribution in [-0.4, -0.2) is 0 Å². The van der Waals surface area contributed by atoms with Gasteiger partial charge in [0.05, 0.1) is 5.69 Å². The average Bonchev–Trinajstić information content (AvgIpc) is 3.96. The molecule has 12 rings (SSSR count). The number of rotatable bonds is 6. The Bertz CT molecular complexity index is 3490. The van der Waals surface area contributed by atoms with Gasteiger partial charge in [-0.05, 0) is 95.7 Å². The average molecular weight is 765 g/mol. The molecule has 0 aliphatic heterocycles. The number of hydrogen-bond donors (Lipinski definition) is 0. The van der Waals surface area contributed by atoms with Gasteiger partial charge in [-0.15, -0.1) is 22.7 Å². The summed E-state index contributed by atoms with van der Waals surface area (Å²) < 4.78 is 12.2. The zero-order valence-corrected chi connectivity index (χ0v) is 32.2. The second kappa shape index (κ2) is 12.8. The minimum Gasteiger partial charge on any atom is -0.454 e. The third-order valence-electron chi connectivity index (χ3n) is 11.2. The van der Waals surface area contributed by atoms with Crippen LogP contribution in [0.25, 0.3) is 73.1 Å². The predicted molar refractivity (Wildman–Crippen MR) is 246 cm³/mol. The molecule has 0 amide bonds. The standard InChI is InChI=1S/C52H32N2OS2/c1-3-14-34(15-4-1)53(36-25-28-49-43(29-36)41-20-10-12-22-48(41)56-49)38-30-44-51-39-18-8-7-13-33(39)23-27-46(51)55-52(44)45(31-38)54(35-16-5-2-6-17-35)37-24-26-42-40-19-9-11-21-47(40)57-50(42)32-37/h1-32H. The number of para-hydroxylation sites is 2. The fourth-order valence-electron chi connectivity index (χ4n) is 8.65. The Kier molecular flexibility index (Phi) is 7.27. The molecule has 0 aliphatic rings. The Morgan fingerprint density at radius 3 is 1.67 bits per heavy atom. The van der Waals surface area contributed by atoms with E-state index in [4.69, 9.17) is 4.42 Å². The van der Waals surface area contributed by atoms with Gasteiger partial charge in [-0.25, -0.2) is 0 Å². The molecule has 0 bridgehead atoms. The quantitative estimate of drug-likeness (QED) is 0.168. The first kappa shape index (κ1) is 32.3. The monoisotopic (exact) mass is 764 g/mol. The molecule has 9 aromatic carbocycles. The summed E-state index contributed by atoms with van der Waals surface area (Å²) in [4.78, 5) is 4.77. The van der Waals surface area contributed by atoms with Gasteiger partial charge in [0.2, 0.25) is 0 Å². The highest BCUT2D eigenvalue weighted by Crippen LogP contribution is 2.49. The van der Waals surface area contributed by atoms with Crippen molar-refractivity contribution in [2.24, 2.45) is 0 Å². The first-order valence-electron chi connectivity index (χ1n) is 19.2. The molecule has 0 N–H and O–H groups in total. The van der Waals surface area contributed by atoms with Gasteiger partial charge in [0.25, 0.3) is 0 Å². The molecule has 0 radical (unpaired) electrons. The van der Waals surface area contributed by atoms with Gasteiger partial charge in [0.1, 0.15) is 5.58 Å². The molecule has 5 heteroatoms. The molecule has 0 aliphatic carbocycles. The van der Waals surface area contributed by atoms with Crippen LogP contribution < -0.4 is 9.80 Å². The summed E-state index contributed by atoms with van der Waals surface area (Å²) in [6.45, 7) is 0. The summed E-state index contributed by atoms with van der Waals surface area (Å²) in [7, 11) is 0. The third-order valence-corrected chi connectivity index (χ3v) is 13.5. The summed E-state index contributed by atoms with van der Waals surface area (Å²) in [6, 6.07) is 70.2. The van der Waals surface area contributed by atoms with Crippen LogP contribution in [0.3, 0.4) is 0 Å². The van der Waals surface area contributed by atoms with Crippen LogP contribution in [0.1, 0.15) is 0 Å². The number of benzene rings is 9. The smallest absolute Gasteiger partial charge is 0.159 e. The van der Waals surface area contributed by atoms with Crippen molar-refractivity contribution in [2.75, 3.05) is 9.80 Å². The van der Waals surface area contributed by atoms with Crippen molar-refractivity contribution in [3.63, 3.8) is 0 Å². The van der Waals surface area contributed by atoms with E-state index >= 15 is 0 Å². The van der Waals surface area contributed by atoms with E-state index in [0.29, 0.717) is 0 Å². The van der Waals surface area contributed by atoms with Crippen molar-refractivity contribution < 1.29 is 4.42 Å². The largest absolute Gasteiger partial charge is 0.454 e. The van der Waals surface area contributed by atoms with E-state index in [2.05, 4.69) is 204 Å². The molecule has 0 saturated carbocycles. The Labute approximate surface area is 336 Å². The van der Waals surface area contributed by atoms with Crippen LogP contribution in [0, 0.1) is 0 Å². The first-order valence-corrected chi connectivity index (χ1v) is 20.8. The molecular formula is C52H32N2OS2. The van der Waals surface area contributed by atoms with E-state index in [1.165, 1.54) is 51.1 Å². The summed E-state index contributed by atoms with van der Waals surface area (Å²) in [5.74, 6) is 0. The lowest BCUT2D eigenvalue weighted by atomic mass is 10.0. The fraction of sp³-hybridized carbons (Fsp3) is 0. The Hall–Kier alpha value is -6.92. The van der Waals surface area contributed by atoms with Crippen molar-refractivity contribution in [3.8, 4) is 0 Å². The SMILES string of the molecule is c1ccc(N(c2ccc3sc4ccccc4c3c2)c2cc(N(c3ccccc3)c3ccc4c(c3)sc3ccccc34)c3oc4ccc5ccccc5c4c3c2)cc1. The molecule has 12 aromatic rings. The normalized spacial score (nSPS) is 11.9. The highest BCUT2D eigenvalue weighted by molar-refractivity contribution is 7.26. The van der Waals surface area contributed by atoms with Crippen LogP contribution in [0.5, 0.6) is 0 Å².